The minimum Gasteiger partial charge on any atom is -0.469 e. The number of guanidine groups is 1. The topological polar surface area (TPSA) is 65.7 Å². The molecule has 1 saturated carbocycles. The molecule has 0 radical (unpaired) electrons. The number of hydrogen-bond donors (Lipinski definition) is 2. The van der Waals surface area contributed by atoms with Gasteiger partial charge in [0.05, 0.1) is 12.0 Å². The molecule has 0 bridgehead atoms. The van der Waals surface area contributed by atoms with Crippen LogP contribution >= 0.6 is 0 Å². The number of aliphatic imine (C=N–C) groups is 1. The van der Waals surface area contributed by atoms with Crippen molar-refractivity contribution in [1.29, 1.82) is 0 Å². The molecule has 2 aromatic rings. The molecule has 1 aliphatic carbocycles. The molecule has 2 fully saturated rings. The maximum absolute atomic E-state index is 5.44. The Balaban J connectivity index is 1.27. The minimum absolute atomic E-state index is 0.478. The van der Waals surface area contributed by atoms with Gasteiger partial charge < -0.3 is 15.1 Å². The van der Waals surface area contributed by atoms with E-state index in [1.165, 1.54) is 25.7 Å². The van der Waals surface area contributed by atoms with E-state index < -0.39 is 0 Å². The highest BCUT2D eigenvalue weighted by atomic mass is 16.3. The van der Waals surface area contributed by atoms with Crippen molar-refractivity contribution in [2.45, 2.75) is 63.6 Å². The van der Waals surface area contributed by atoms with Crippen LogP contribution in [0.5, 0.6) is 0 Å². The fourth-order valence-electron chi connectivity index (χ4n) is 4.28. The average molecular weight is 396 g/mol. The highest BCUT2D eigenvalue weighted by Gasteiger charge is 2.22. The molecule has 4 rings (SSSR count). The smallest absolute Gasteiger partial charge is 0.191 e. The van der Waals surface area contributed by atoms with Crippen LogP contribution in [-0.4, -0.2) is 47.6 Å². The van der Waals surface area contributed by atoms with Crippen molar-refractivity contribution in [2.75, 3.05) is 19.6 Å². The Kier molecular flexibility index (Phi) is 7.18. The summed E-state index contributed by atoms with van der Waals surface area (Å²) < 4.78 is 5.44. The van der Waals surface area contributed by atoms with Crippen molar-refractivity contribution in [1.82, 2.24) is 20.5 Å². The van der Waals surface area contributed by atoms with Crippen LogP contribution in [0.2, 0.25) is 0 Å². The van der Waals surface area contributed by atoms with Gasteiger partial charge in [-0.15, -0.1) is 0 Å². The van der Waals surface area contributed by atoms with Crippen LogP contribution < -0.4 is 10.6 Å². The van der Waals surface area contributed by atoms with Crippen LogP contribution in [-0.2, 0) is 13.0 Å². The summed E-state index contributed by atoms with van der Waals surface area (Å²) in [4.78, 5) is 11.8. The second-order valence-corrected chi connectivity index (χ2v) is 8.20. The standard InChI is InChI=1S/C23H33N5O/c1-2-7-19(6-1)26-23(25-14-10-22-9-5-17-29-22)27-20-11-15-28(16-12-20)18-21-8-3-4-13-24-21/h3-5,8-9,13,17,19-20H,1-2,6-7,10-12,14-16,18H2,(H2,25,26,27). The van der Waals surface area contributed by atoms with Gasteiger partial charge >= 0.3 is 0 Å². The summed E-state index contributed by atoms with van der Waals surface area (Å²) in [5, 5.41) is 7.39. The molecule has 3 heterocycles. The first-order chi connectivity index (χ1) is 14.3. The van der Waals surface area contributed by atoms with Crippen molar-refractivity contribution in [3.63, 3.8) is 0 Å². The SMILES string of the molecule is c1ccc(CN2CCC(NC(=NCCc3ccco3)NC3CCCC3)CC2)nc1. The van der Waals surface area contributed by atoms with E-state index >= 15 is 0 Å². The summed E-state index contributed by atoms with van der Waals surface area (Å²) in [6.45, 7) is 3.88. The second-order valence-electron chi connectivity index (χ2n) is 8.20. The van der Waals surface area contributed by atoms with Gasteiger partial charge in [-0.2, -0.15) is 0 Å². The summed E-state index contributed by atoms with van der Waals surface area (Å²) in [6, 6.07) is 11.2. The number of hydrogen-bond acceptors (Lipinski definition) is 4. The van der Waals surface area contributed by atoms with Crippen molar-refractivity contribution >= 4 is 5.96 Å². The van der Waals surface area contributed by atoms with Gasteiger partial charge in [-0.05, 0) is 49.9 Å². The molecule has 6 nitrogen and oxygen atoms in total. The summed E-state index contributed by atoms with van der Waals surface area (Å²) in [5.74, 6) is 1.98. The number of rotatable bonds is 7. The van der Waals surface area contributed by atoms with Crippen molar-refractivity contribution in [3.8, 4) is 0 Å². The molecule has 6 heteroatoms. The first-order valence-corrected chi connectivity index (χ1v) is 11.1. The molecule has 0 amide bonds. The summed E-state index contributed by atoms with van der Waals surface area (Å²) in [6.07, 6.45) is 11.9. The zero-order chi connectivity index (χ0) is 19.7. The Morgan fingerprint density at radius 1 is 1.03 bits per heavy atom. The molecule has 29 heavy (non-hydrogen) atoms. The Morgan fingerprint density at radius 2 is 1.83 bits per heavy atom. The van der Waals surface area contributed by atoms with Crippen LogP contribution in [0, 0.1) is 0 Å². The van der Waals surface area contributed by atoms with Gasteiger partial charge in [-0.1, -0.05) is 18.9 Å². The number of likely N-dealkylation sites (tertiary alicyclic amines) is 1. The van der Waals surface area contributed by atoms with E-state index in [0.29, 0.717) is 12.1 Å². The van der Waals surface area contributed by atoms with Gasteiger partial charge in [0.2, 0.25) is 0 Å². The predicted molar refractivity (Wildman–Crippen MR) is 116 cm³/mol. The van der Waals surface area contributed by atoms with Gasteiger partial charge in [0, 0.05) is 50.9 Å². The largest absolute Gasteiger partial charge is 0.469 e. The third-order valence-electron chi connectivity index (χ3n) is 5.94. The molecule has 0 unspecified atom stereocenters. The molecule has 1 saturated heterocycles. The fraction of sp³-hybridized carbons (Fsp3) is 0.565. The lowest BCUT2D eigenvalue weighted by Crippen LogP contribution is -2.50. The molecular formula is C23H33N5O. The van der Waals surface area contributed by atoms with Gasteiger partial charge in [0.25, 0.3) is 0 Å². The highest BCUT2D eigenvalue weighted by molar-refractivity contribution is 5.80. The zero-order valence-corrected chi connectivity index (χ0v) is 17.2. The predicted octanol–water partition coefficient (Wildman–Crippen LogP) is 3.36. The van der Waals surface area contributed by atoms with Crippen molar-refractivity contribution in [2.24, 2.45) is 4.99 Å². The van der Waals surface area contributed by atoms with Gasteiger partial charge in [-0.25, -0.2) is 0 Å². The minimum atomic E-state index is 0.478. The average Bonchev–Trinajstić information content (AvgIpc) is 3.45. The van der Waals surface area contributed by atoms with Crippen LogP contribution in [0.1, 0.15) is 50.0 Å². The maximum Gasteiger partial charge on any atom is 0.191 e. The fourth-order valence-corrected chi connectivity index (χ4v) is 4.28. The number of nitrogens with zero attached hydrogens (tertiary/aromatic N) is 3. The molecule has 0 atom stereocenters. The van der Waals surface area contributed by atoms with E-state index in [2.05, 4.69) is 32.7 Å². The van der Waals surface area contributed by atoms with E-state index in [9.17, 15) is 0 Å². The lowest BCUT2D eigenvalue weighted by Gasteiger charge is -2.33. The quantitative estimate of drug-likeness (QED) is 0.556. The van der Waals surface area contributed by atoms with Crippen molar-refractivity contribution < 1.29 is 4.42 Å². The Morgan fingerprint density at radius 3 is 2.52 bits per heavy atom. The highest BCUT2D eigenvalue weighted by Crippen LogP contribution is 2.18. The number of furan rings is 1. The first kappa shape index (κ1) is 20.0. The van der Waals surface area contributed by atoms with E-state index in [-0.39, 0.29) is 0 Å². The zero-order valence-electron chi connectivity index (χ0n) is 17.2. The molecule has 1 aliphatic heterocycles. The van der Waals surface area contributed by atoms with Gasteiger partial charge in [-0.3, -0.25) is 14.9 Å². The summed E-state index contributed by atoms with van der Waals surface area (Å²) >= 11 is 0. The van der Waals surface area contributed by atoms with Crippen LogP contribution in [0.4, 0.5) is 0 Å². The summed E-state index contributed by atoms with van der Waals surface area (Å²) in [7, 11) is 0. The third kappa shape index (κ3) is 6.32. The first-order valence-electron chi connectivity index (χ1n) is 11.1. The Hall–Kier alpha value is -2.34. The lowest BCUT2D eigenvalue weighted by molar-refractivity contribution is 0.196. The molecule has 0 aromatic carbocycles. The molecule has 156 valence electrons. The molecule has 0 spiro atoms. The van der Waals surface area contributed by atoms with E-state index in [1.807, 2.05) is 24.4 Å². The van der Waals surface area contributed by atoms with E-state index in [0.717, 1.165) is 62.9 Å². The molecular weight excluding hydrogens is 362 g/mol. The third-order valence-corrected chi connectivity index (χ3v) is 5.94. The van der Waals surface area contributed by atoms with Gasteiger partial charge in [0.1, 0.15) is 5.76 Å². The summed E-state index contributed by atoms with van der Waals surface area (Å²) in [5.41, 5.74) is 1.15. The second kappa shape index (κ2) is 10.4. The lowest BCUT2D eigenvalue weighted by atomic mass is 10.0. The van der Waals surface area contributed by atoms with E-state index in [4.69, 9.17) is 9.41 Å². The molecule has 2 aliphatic rings. The Bertz CT molecular complexity index is 732. The normalized spacial score (nSPS) is 19.5. The maximum atomic E-state index is 5.44. The Labute approximate surface area is 173 Å². The molecule has 2 aromatic heterocycles. The van der Waals surface area contributed by atoms with Crippen LogP contribution in [0.25, 0.3) is 0 Å². The number of nitrogens with one attached hydrogen (secondary N) is 2. The van der Waals surface area contributed by atoms with Crippen LogP contribution in [0.15, 0.2) is 52.2 Å². The van der Waals surface area contributed by atoms with Crippen LogP contribution in [0.3, 0.4) is 0 Å². The van der Waals surface area contributed by atoms with E-state index in [1.54, 1.807) is 6.26 Å². The number of pyridine rings is 1. The number of aromatic nitrogens is 1. The number of piperidine rings is 1. The van der Waals surface area contributed by atoms with Gasteiger partial charge in [0.15, 0.2) is 5.96 Å². The monoisotopic (exact) mass is 395 g/mol. The van der Waals surface area contributed by atoms with Crippen molar-refractivity contribution in [3.05, 3.63) is 54.2 Å². The molecule has 2 N–H and O–H groups in total.